The van der Waals surface area contributed by atoms with Gasteiger partial charge in [0.05, 0.1) is 22.3 Å². The molecule has 2 rings (SSSR count). The van der Waals surface area contributed by atoms with E-state index in [2.05, 4.69) is 40.8 Å². The molecule has 0 aliphatic rings. The molecule has 2 heterocycles. The van der Waals surface area contributed by atoms with Crippen molar-refractivity contribution >= 4 is 11.5 Å². The summed E-state index contributed by atoms with van der Waals surface area (Å²) >= 11 is 1.45. The summed E-state index contributed by atoms with van der Waals surface area (Å²) in [5, 5.41) is 11.9. The standard InChI is InChI=1S/C12H19N5S/c1-12(2,3)11-10(18-16-15-11)9(13-4)8-6-7-14-17(8)5/h6-7,9,13H,1-5H3. The number of aryl methyl sites for hydroxylation is 1. The van der Waals surface area contributed by atoms with E-state index in [-0.39, 0.29) is 11.5 Å². The predicted octanol–water partition coefficient (Wildman–Crippen LogP) is 1.88. The second kappa shape index (κ2) is 4.78. The van der Waals surface area contributed by atoms with Gasteiger partial charge in [0.1, 0.15) is 0 Å². The molecule has 1 N–H and O–H groups in total. The minimum Gasteiger partial charge on any atom is -0.307 e. The Morgan fingerprint density at radius 3 is 2.61 bits per heavy atom. The normalized spacial score (nSPS) is 13.8. The highest BCUT2D eigenvalue weighted by Crippen LogP contribution is 2.33. The van der Waals surface area contributed by atoms with E-state index in [0.29, 0.717) is 0 Å². The molecule has 0 fully saturated rings. The molecule has 2 aromatic rings. The van der Waals surface area contributed by atoms with Crippen molar-refractivity contribution in [3.05, 3.63) is 28.5 Å². The molecule has 0 bridgehead atoms. The van der Waals surface area contributed by atoms with Gasteiger partial charge in [0.25, 0.3) is 0 Å². The fourth-order valence-electron chi connectivity index (χ4n) is 1.99. The predicted molar refractivity (Wildman–Crippen MR) is 72.7 cm³/mol. The first-order valence-corrected chi connectivity index (χ1v) is 6.70. The lowest BCUT2D eigenvalue weighted by molar-refractivity contribution is 0.540. The molecule has 0 aromatic carbocycles. The zero-order valence-electron chi connectivity index (χ0n) is 11.4. The van der Waals surface area contributed by atoms with Crippen LogP contribution >= 0.6 is 11.5 Å². The van der Waals surface area contributed by atoms with Crippen LogP contribution in [0.1, 0.15) is 43.1 Å². The van der Waals surface area contributed by atoms with E-state index >= 15 is 0 Å². The Morgan fingerprint density at radius 1 is 1.39 bits per heavy atom. The van der Waals surface area contributed by atoms with E-state index in [1.54, 1.807) is 0 Å². The molecule has 0 spiro atoms. The van der Waals surface area contributed by atoms with E-state index in [0.717, 1.165) is 16.3 Å². The van der Waals surface area contributed by atoms with Gasteiger partial charge in [-0.25, -0.2) is 0 Å². The second-order valence-electron chi connectivity index (χ2n) is 5.34. The molecule has 0 saturated heterocycles. The Hall–Kier alpha value is -1.27. The Labute approximate surface area is 111 Å². The van der Waals surface area contributed by atoms with Gasteiger partial charge in [-0.3, -0.25) is 4.68 Å². The van der Waals surface area contributed by atoms with Gasteiger partial charge >= 0.3 is 0 Å². The average molecular weight is 265 g/mol. The zero-order valence-corrected chi connectivity index (χ0v) is 12.2. The second-order valence-corrected chi connectivity index (χ2v) is 6.12. The number of hydrogen-bond donors (Lipinski definition) is 1. The van der Waals surface area contributed by atoms with Crippen LogP contribution in [-0.2, 0) is 12.5 Å². The van der Waals surface area contributed by atoms with Gasteiger partial charge in [0.15, 0.2) is 0 Å². The summed E-state index contributed by atoms with van der Waals surface area (Å²) in [7, 11) is 3.90. The van der Waals surface area contributed by atoms with Gasteiger partial charge in [0, 0.05) is 18.7 Å². The first-order chi connectivity index (χ1) is 8.45. The highest BCUT2D eigenvalue weighted by atomic mass is 32.1. The van der Waals surface area contributed by atoms with Crippen molar-refractivity contribution < 1.29 is 0 Å². The summed E-state index contributed by atoms with van der Waals surface area (Å²) < 4.78 is 6.00. The molecule has 1 atom stereocenters. The van der Waals surface area contributed by atoms with Crippen LogP contribution in [0.15, 0.2) is 12.3 Å². The summed E-state index contributed by atoms with van der Waals surface area (Å²) in [5.41, 5.74) is 2.16. The summed E-state index contributed by atoms with van der Waals surface area (Å²) in [4.78, 5) is 1.16. The van der Waals surface area contributed by atoms with Crippen LogP contribution in [0.3, 0.4) is 0 Å². The smallest absolute Gasteiger partial charge is 0.0874 e. The third kappa shape index (κ3) is 2.30. The molecule has 18 heavy (non-hydrogen) atoms. The van der Waals surface area contributed by atoms with Crippen LogP contribution in [0.4, 0.5) is 0 Å². The van der Waals surface area contributed by atoms with Crippen molar-refractivity contribution in [2.45, 2.75) is 32.2 Å². The van der Waals surface area contributed by atoms with E-state index in [1.807, 2.05) is 31.0 Å². The van der Waals surface area contributed by atoms with Gasteiger partial charge < -0.3 is 5.32 Å². The molecule has 98 valence electrons. The Bertz CT molecular complexity index is 523. The minimum absolute atomic E-state index is 0.00394. The van der Waals surface area contributed by atoms with Gasteiger partial charge in [-0.2, -0.15) is 5.10 Å². The van der Waals surface area contributed by atoms with Crippen molar-refractivity contribution in [1.82, 2.24) is 24.7 Å². The monoisotopic (exact) mass is 265 g/mol. The van der Waals surface area contributed by atoms with Crippen LogP contribution in [0.2, 0.25) is 0 Å². The number of aromatic nitrogens is 4. The van der Waals surface area contributed by atoms with Crippen molar-refractivity contribution in [2.75, 3.05) is 7.05 Å². The first kappa shape index (κ1) is 13.2. The topological polar surface area (TPSA) is 55.6 Å². The Balaban J connectivity index is 2.47. The van der Waals surface area contributed by atoms with Gasteiger partial charge in [0.2, 0.25) is 0 Å². The third-order valence-electron chi connectivity index (χ3n) is 2.93. The largest absolute Gasteiger partial charge is 0.307 e. The number of hydrogen-bond acceptors (Lipinski definition) is 5. The van der Waals surface area contributed by atoms with Crippen molar-refractivity contribution in [2.24, 2.45) is 7.05 Å². The molecule has 0 aliphatic carbocycles. The maximum absolute atomic E-state index is 4.29. The highest BCUT2D eigenvalue weighted by Gasteiger charge is 2.28. The minimum atomic E-state index is -0.00394. The van der Waals surface area contributed by atoms with E-state index in [4.69, 9.17) is 0 Å². The number of nitrogens with one attached hydrogen (secondary N) is 1. The summed E-state index contributed by atoms with van der Waals surface area (Å²) in [5.74, 6) is 0. The molecule has 0 radical (unpaired) electrons. The number of nitrogens with zero attached hydrogens (tertiary/aromatic N) is 4. The fraction of sp³-hybridized carbons (Fsp3) is 0.583. The quantitative estimate of drug-likeness (QED) is 0.920. The van der Waals surface area contributed by atoms with Crippen LogP contribution in [0.5, 0.6) is 0 Å². The maximum Gasteiger partial charge on any atom is 0.0874 e. The van der Waals surface area contributed by atoms with Gasteiger partial charge in [-0.1, -0.05) is 25.3 Å². The molecule has 1 unspecified atom stereocenters. The molecule has 0 amide bonds. The summed E-state index contributed by atoms with van der Waals surface area (Å²) in [6.07, 6.45) is 1.81. The van der Waals surface area contributed by atoms with Crippen molar-refractivity contribution in [3.63, 3.8) is 0 Å². The molecular formula is C12H19N5S. The molecule has 0 saturated carbocycles. The maximum atomic E-state index is 4.29. The lowest BCUT2D eigenvalue weighted by Gasteiger charge is -2.21. The molecule has 0 aliphatic heterocycles. The van der Waals surface area contributed by atoms with E-state index in [1.165, 1.54) is 11.5 Å². The SMILES string of the molecule is CNC(c1snnc1C(C)(C)C)c1ccnn1C. The molecule has 5 nitrogen and oxygen atoms in total. The van der Waals surface area contributed by atoms with Crippen LogP contribution in [0, 0.1) is 0 Å². The first-order valence-electron chi connectivity index (χ1n) is 5.93. The lowest BCUT2D eigenvalue weighted by Crippen LogP contribution is -2.24. The molecule has 6 heteroatoms. The fourth-order valence-corrected chi connectivity index (χ4v) is 2.98. The Morgan fingerprint density at radius 2 is 2.11 bits per heavy atom. The highest BCUT2D eigenvalue weighted by molar-refractivity contribution is 7.05. The van der Waals surface area contributed by atoms with Crippen LogP contribution in [-0.4, -0.2) is 26.4 Å². The summed E-state index contributed by atoms with van der Waals surface area (Å²) in [6, 6.07) is 2.11. The van der Waals surface area contributed by atoms with Crippen molar-refractivity contribution in [1.29, 1.82) is 0 Å². The van der Waals surface area contributed by atoms with E-state index < -0.39 is 0 Å². The Kier molecular flexibility index (Phi) is 3.49. The van der Waals surface area contributed by atoms with E-state index in [9.17, 15) is 0 Å². The van der Waals surface area contributed by atoms with Crippen LogP contribution < -0.4 is 5.32 Å². The summed E-state index contributed by atoms with van der Waals surface area (Å²) in [6.45, 7) is 6.47. The average Bonchev–Trinajstić information content (AvgIpc) is 2.89. The van der Waals surface area contributed by atoms with Crippen molar-refractivity contribution in [3.8, 4) is 0 Å². The van der Waals surface area contributed by atoms with Crippen LogP contribution in [0.25, 0.3) is 0 Å². The molecule has 2 aromatic heterocycles. The van der Waals surface area contributed by atoms with Gasteiger partial charge in [-0.05, 0) is 24.6 Å². The third-order valence-corrected chi connectivity index (χ3v) is 3.72. The number of rotatable bonds is 3. The van der Waals surface area contributed by atoms with Gasteiger partial charge in [-0.15, -0.1) is 5.10 Å². The lowest BCUT2D eigenvalue weighted by atomic mass is 9.89. The zero-order chi connectivity index (χ0) is 13.3. The molecular weight excluding hydrogens is 246 g/mol.